The number of thiazole rings is 1. The summed E-state index contributed by atoms with van der Waals surface area (Å²) < 4.78 is 12.9. The van der Waals surface area contributed by atoms with E-state index in [1.165, 1.54) is 17.7 Å². The number of piperidine rings is 1. The first-order chi connectivity index (χ1) is 17.3. The minimum absolute atomic E-state index is 0.244. The summed E-state index contributed by atoms with van der Waals surface area (Å²) in [5, 5.41) is 17.0. The number of H-pyrrole nitrogens is 1. The van der Waals surface area contributed by atoms with Crippen LogP contribution in [0.2, 0.25) is 0 Å². The highest BCUT2D eigenvalue weighted by molar-refractivity contribution is 9.10. The van der Waals surface area contributed by atoms with Crippen molar-refractivity contribution in [2.75, 3.05) is 31.7 Å². The number of nitriles is 1. The second-order valence-corrected chi connectivity index (χ2v) is 9.89. The van der Waals surface area contributed by atoms with Gasteiger partial charge in [-0.1, -0.05) is 11.3 Å². The number of aryl methyl sites for hydroxylation is 2. The molecule has 4 heterocycles. The van der Waals surface area contributed by atoms with Crippen LogP contribution in [0.4, 0.5) is 5.13 Å². The predicted octanol–water partition coefficient (Wildman–Crippen LogP) is 2.41. The lowest BCUT2D eigenvalue weighted by atomic mass is 10.0. The molecule has 0 aromatic carbocycles. The Morgan fingerprint density at radius 3 is 2.83 bits per heavy atom. The molecule has 1 fully saturated rings. The van der Waals surface area contributed by atoms with Crippen LogP contribution in [0.5, 0.6) is 0 Å². The fourth-order valence-corrected chi connectivity index (χ4v) is 5.72. The van der Waals surface area contributed by atoms with Crippen LogP contribution in [0, 0.1) is 18.3 Å². The minimum atomic E-state index is -0.465. The number of nitrogens with one attached hydrogen (secondary N) is 2. The molecule has 1 aliphatic heterocycles. The Bertz CT molecular complexity index is 1330. The number of hydrogen-bond acceptors (Lipinski definition) is 10. The SMILES string of the molecule is CCOC(=O)c1sc(N2CC[C@@H](NC(=O)c3[nH]c(C)c(C#N)c3Br)[C@@H](OC)C2)nc1-c1ncnn1C. The van der Waals surface area contributed by atoms with Crippen LogP contribution in [0.15, 0.2) is 10.8 Å². The van der Waals surface area contributed by atoms with Crippen LogP contribution in [0.3, 0.4) is 0 Å². The molecule has 14 heteroatoms. The first kappa shape index (κ1) is 25.8. The molecule has 1 saturated heterocycles. The van der Waals surface area contributed by atoms with Crippen LogP contribution in [0.25, 0.3) is 11.5 Å². The Hall–Kier alpha value is -3.28. The van der Waals surface area contributed by atoms with E-state index in [0.717, 1.165) is 0 Å². The van der Waals surface area contributed by atoms with Crippen LogP contribution in [0.1, 0.15) is 44.8 Å². The molecule has 2 atom stereocenters. The third-order valence-corrected chi connectivity index (χ3v) is 7.80. The van der Waals surface area contributed by atoms with E-state index in [9.17, 15) is 14.9 Å². The Labute approximate surface area is 219 Å². The third kappa shape index (κ3) is 4.86. The maximum atomic E-state index is 12.9. The molecule has 3 aromatic rings. The summed E-state index contributed by atoms with van der Waals surface area (Å²) in [6.45, 7) is 4.76. The zero-order valence-corrected chi connectivity index (χ0v) is 22.6. The number of nitrogens with zero attached hydrogens (tertiary/aromatic N) is 6. The van der Waals surface area contributed by atoms with E-state index < -0.39 is 5.97 Å². The fraction of sp³-hybridized carbons (Fsp3) is 0.455. The van der Waals surface area contributed by atoms with Gasteiger partial charge in [-0.05, 0) is 36.2 Å². The number of anilines is 1. The topological polar surface area (TPSA) is 151 Å². The van der Waals surface area contributed by atoms with Gasteiger partial charge in [0.15, 0.2) is 11.0 Å². The quantitative estimate of drug-likeness (QED) is 0.404. The third-order valence-electron chi connectivity index (χ3n) is 5.91. The normalized spacial score (nSPS) is 17.6. The van der Waals surface area contributed by atoms with Crippen molar-refractivity contribution < 1.29 is 19.1 Å². The standard InChI is InChI=1S/C22H25BrN8O4S/c1-5-35-21(33)18-17(19-25-10-26-30(19)3)29-22(36-18)31-7-6-13(14(9-31)34-4)28-20(32)16-15(23)12(8-24)11(2)27-16/h10,13-14,27H,5-7,9H2,1-4H3,(H,28,32)/t13-,14+/m1/s1. The maximum absolute atomic E-state index is 12.9. The van der Waals surface area contributed by atoms with Gasteiger partial charge in [-0.3, -0.25) is 4.79 Å². The van der Waals surface area contributed by atoms with Crippen LogP contribution in [-0.4, -0.2) is 75.6 Å². The average Bonchev–Trinajstić information content (AvgIpc) is 3.56. The highest BCUT2D eigenvalue weighted by atomic mass is 79.9. The van der Waals surface area contributed by atoms with Gasteiger partial charge in [-0.2, -0.15) is 10.4 Å². The number of hydrogen-bond donors (Lipinski definition) is 2. The number of halogens is 1. The predicted molar refractivity (Wildman–Crippen MR) is 135 cm³/mol. The van der Waals surface area contributed by atoms with Gasteiger partial charge in [0.05, 0.1) is 28.8 Å². The molecule has 0 saturated carbocycles. The van der Waals surface area contributed by atoms with Gasteiger partial charge in [-0.25, -0.2) is 19.4 Å². The molecule has 0 radical (unpaired) electrons. The fourth-order valence-electron chi connectivity index (χ4n) is 4.06. The number of ether oxygens (including phenoxy) is 2. The summed E-state index contributed by atoms with van der Waals surface area (Å²) in [6.07, 6.45) is 1.66. The van der Waals surface area contributed by atoms with Gasteiger partial charge in [0, 0.05) is 32.9 Å². The zero-order valence-electron chi connectivity index (χ0n) is 20.2. The number of amides is 1. The van der Waals surface area contributed by atoms with E-state index in [1.807, 2.05) is 4.90 Å². The number of aromatic amines is 1. The van der Waals surface area contributed by atoms with Crippen molar-refractivity contribution in [1.82, 2.24) is 30.0 Å². The number of esters is 1. The van der Waals surface area contributed by atoms with Crippen molar-refractivity contribution in [3.8, 4) is 17.6 Å². The molecule has 12 nitrogen and oxygen atoms in total. The molecular formula is C22H25BrN8O4S. The Kier molecular flexibility index (Phi) is 7.72. The van der Waals surface area contributed by atoms with E-state index in [0.29, 0.717) is 62.5 Å². The van der Waals surface area contributed by atoms with Crippen molar-refractivity contribution in [3.63, 3.8) is 0 Å². The number of rotatable bonds is 7. The molecule has 3 aromatic heterocycles. The van der Waals surface area contributed by atoms with E-state index in [1.54, 1.807) is 32.7 Å². The number of carbonyl (C=O) groups is 2. The number of methoxy groups -OCH3 is 1. The Morgan fingerprint density at radius 1 is 1.44 bits per heavy atom. The lowest BCUT2D eigenvalue weighted by Crippen LogP contribution is -2.55. The minimum Gasteiger partial charge on any atom is -0.462 e. The summed E-state index contributed by atoms with van der Waals surface area (Å²) >= 11 is 4.57. The molecule has 4 rings (SSSR count). The van der Waals surface area contributed by atoms with Gasteiger partial charge in [0.2, 0.25) is 0 Å². The first-order valence-corrected chi connectivity index (χ1v) is 12.8. The summed E-state index contributed by atoms with van der Waals surface area (Å²) in [6, 6.07) is 1.82. The van der Waals surface area contributed by atoms with Gasteiger partial charge in [0.25, 0.3) is 5.91 Å². The van der Waals surface area contributed by atoms with E-state index in [-0.39, 0.29) is 24.7 Å². The monoisotopic (exact) mass is 576 g/mol. The molecule has 2 N–H and O–H groups in total. The van der Waals surface area contributed by atoms with Gasteiger partial charge in [0.1, 0.15) is 28.7 Å². The summed E-state index contributed by atoms with van der Waals surface area (Å²) in [5.74, 6) is -0.321. The summed E-state index contributed by atoms with van der Waals surface area (Å²) in [7, 11) is 3.32. The number of carbonyl (C=O) groups excluding carboxylic acids is 2. The van der Waals surface area contributed by atoms with Gasteiger partial charge in [-0.15, -0.1) is 0 Å². The zero-order chi connectivity index (χ0) is 26.0. The van der Waals surface area contributed by atoms with Crippen molar-refractivity contribution in [2.24, 2.45) is 7.05 Å². The molecular weight excluding hydrogens is 552 g/mol. The number of aromatic nitrogens is 5. The second kappa shape index (κ2) is 10.8. The Morgan fingerprint density at radius 2 is 2.22 bits per heavy atom. The van der Waals surface area contributed by atoms with Gasteiger partial charge >= 0.3 is 5.97 Å². The van der Waals surface area contributed by atoms with Crippen molar-refractivity contribution in [2.45, 2.75) is 32.4 Å². The molecule has 0 unspecified atom stereocenters. The van der Waals surface area contributed by atoms with Crippen molar-refractivity contribution in [3.05, 3.63) is 32.6 Å². The summed E-state index contributed by atoms with van der Waals surface area (Å²) in [5.41, 5.74) is 1.73. The van der Waals surface area contributed by atoms with E-state index >= 15 is 0 Å². The maximum Gasteiger partial charge on any atom is 0.350 e. The molecule has 36 heavy (non-hydrogen) atoms. The molecule has 0 bridgehead atoms. The molecule has 190 valence electrons. The molecule has 0 spiro atoms. The van der Waals surface area contributed by atoms with Crippen molar-refractivity contribution in [1.29, 1.82) is 5.26 Å². The van der Waals surface area contributed by atoms with Gasteiger partial charge < -0.3 is 24.7 Å². The van der Waals surface area contributed by atoms with E-state index in [4.69, 9.17) is 14.5 Å². The molecule has 1 amide bonds. The first-order valence-electron chi connectivity index (χ1n) is 11.2. The van der Waals surface area contributed by atoms with Crippen LogP contribution in [-0.2, 0) is 16.5 Å². The smallest absolute Gasteiger partial charge is 0.350 e. The molecule has 1 aliphatic rings. The lowest BCUT2D eigenvalue weighted by Gasteiger charge is -2.37. The average molecular weight is 577 g/mol. The largest absolute Gasteiger partial charge is 0.462 e. The van der Waals surface area contributed by atoms with E-state index in [2.05, 4.69) is 42.4 Å². The summed E-state index contributed by atoms with van der Waals surface area (Å²) in [4.78, 5) is 39.9. The van der Waals surface area contributed by atoms with Crippen molar-refractivity contribution >= 4 is 44.3 Å². The Balaban J connectivity index is 1.54. The highest BCUT2D eigenvalue weighted by Crippen LogP contribution is 2.34. The second-order valence-electron chi connectivity index (χ2n) is 8.12. The van der Waals surface area contributed by atoms with Crippen LogP contribution >= 0.6 is 27.3 Å². The highest BCUT2D eigenvalue weighted by Gasteiger charge is 2.34. The molecule has 0 aliphatic carbocycles. The van der Waals surface area contributed by atoms with Crippen LogP contribution < -0.4 is 10.2 Å². The lowest BCUT2D eigenvalue weighted by molar-refractivity contribution is 0.0531.